The molecule has 2 aromatic carbocycles. The van der Waals surface area contributed by atoms with Gasteiger partial charge in [-0.2, -0.15) is 0 Å². The highest BCUT2D eigenvalue weighted by molar-refractivity contribution is 5.81. The minimum Gasteiger partial charge on any atom is -0.481 e. The van der Waals surface area contributed by atoms with E-state index in [4.69, 9.17) is 9.84 Å². The standard InChI is InChI=1S/C26H30N2O5/c1-2-7-17(14-24(29)30)27-25(31)16-12-18(13-16)28-26(32)33-15-23-21-10-5-3-8-19(21)20-9-4-6-11-22(20)23/h3-6,8-11,16-18,23H,2,7,12-15H2,1H3,(H,27,31)(H,28,32)(H,29,30). The van der Waals surface area contributed by atoms with Crippen LogP contribution in [-0.4, -0.2) is 41.8 Å². The Kier molecular flexibility index (Phi) is 6.96. The average molecular weight is 451 g/mol. The number of amides is 2. The Morgan fingerprint density at radius 3 is 2.21 bits per heavy atom. The predicted molar refractivity (Wildman–Crippen MR) is 124 cm³/mol. The Balaban J connectivity index is 1.24. The molecule has 0 heterocycles. The molecule has 7 nitrogen and oxygen atoms in total. The van der Waals surface area contributed by atoms with Crippen molar-refractivity contribution in [3.8, 4) is 11.1 Å². The van der Waals surface area contributed by atoms with Crippen LogP contribution in [0.1, 0.15) is 56.1 Å². The molecular formula is C26H30N2O5. The number of carbonyl (C=O) groups excluding carboxylic acids is 2. The van der Waals surface area contributed by atoms with Crippen LogP contribution < -0.4 is 10.6 Å². The van der Waals surface area contributed by atoms with Crippen LogP contribution in [-0.2, 0) is 14.3 Å². The third-order valence-electron chi connectivity index (χ3n) is 6.58. The quantitative estimate of drug-likeness (QED) is 0.534. The number of carboxylic acids is 1. The van der Waals surface area contributed by atoms with Gasteiger partial charge in [-0.25, -0.2) is 4.79 Å². The molecular weight excluding hydrogens is 420 g/mol. The first kappa shape index (κ1) is 22.8. The fourth-order valence-electron chi connectivity index (χ4n) is 4.86. The molecule has 1 saturated carbocycles. The van der Waals surface area contributed by atoms with Crippen molar-refractivity contribution in [3.63, 3.8) is 0 Å². The number of hydrogen-bond donors (Lipinski definition) is 3. The van der Waals surface area contributed by atoms with Gasteiger partial charge in [0.2, 0.25) is 5.91 Å². The molecule has 3 N–H and O–H groups in total. The minimum atomic E-state index is -0.919. The molecule has 0 saturated heterocycles. The van der Waals surface area contributed by atoms with Crippen molar-refractivity contribution in [1.29, 1.82) is 0 Å². The number of benzene rings is 2. The Hall–Kier alpha value is -3.35. The number of ether oxygens (including phenoxy) is 1. The largest absolute Gasteiger partial charge is 0.481 e. The third-order valence-corrected chi connectivity index (χ3v) is 6.58. The second-order valence-electron chi connectivity index (χ2n) is 8.93. The van der Waals surface area contributed by atoms with Crippen molar-refractivity contribution in [1.82, 2.24) is 10.6 Å². The zero-order valence-electron chi connectivity index (χ0n) is 18.8. The first-order valence-electron chi connectivity index (χ1n) is 11.6. The molecule has 1 unspecified atom stereocenters. The maximum Gasteiger partial charge on any atom is 0.407 e. The van der Waals surface area contributed by atoms with E-state index in [0.717, 1.165) is 17.5 Å². The molecule has 1 fully saturated rings. The number of alkyl carbamates (subject to hydrolysis) is 1. The van der Waals surface area contributed by atoms with Gasteiger partial charge in [0.25, 0.3) is 0 Å². The third kappa shape index (κ3) is 5.18. The first-order valence-corrected chi connectivity index (χ1v) is 11.6. The molecule has 0 bridgehead atoms. The Morgan fingerprint density at radius 1 is 1.03 bits per heavy atom. The Morgan fingerprint density at radius 2 is 1.64 bits per heavy atom. The van der Waals surface area contributed by atoms with E-state index in [0.29, 0.717) is 19.3 Å². The van der Waals surface area contributed by atoms with Gasteiger partial charge < -0.3 is 20.5 Å². The highest BCUT2D eigenvalue weighted by Gasteiger charge is 2.37. The Labute approximate surface area is 193 Å². The number of fused-ring (bicyclic) bond motifs is 3. The van der Waals surface area contributed by atoms with Crippen LogP contribution in [0, 0.1) is 5.92 Å². The zero-order valence-corrected chi connectivity index (χ0v) is 18.8. The molecule has 2 aliphatic carbocycles. The van der Waals surface area contributed by atoms with Crippen LogP contribution in [0.25, 0.3) is 11.1 Å². The van der Waals surface area contributed by atoms with Crippen LogP contribution in [0.2, 0.25) is 0 Å². The van der Waals surface area contributed by atoms with E-state index in [1.807, 2.05) is 31.2 Å². The number of carboxylic acid groups (broad SMARTS) is 1. The van der Waals surface area contributed by atoms with Crippen molar-refractivity contribution >= 4 is 18.0 Å². The molecule has 0 aromatic heterocycles. The number of nitrogens with one attached hydrogen (secondary N) is 2. The lowest BCUT2D eigenvalue weighted by molar-refractivity contribution is -0.138. The molecule has 0 aliphatic heterocycles. The van der Waals surface area contributed by atoms with Gasteiger partial charge in [0.15, 0.2) is 0 Å². The Bertz CT molecular complexity index is 985. The second-order valence-corrected chi connectivity index (χ2v) is 8.93. The van der Waals surface area contributed by atoms with Crippen molar-refractivity contribution in [3.05, 3.63) is 59.7 Å². The summed E-state index contributed by atoms with van der Waals surface area (Å²) in [4.78, 5) is 35.8. The lowest BCUT2D eigenvalue weighted by atomic mass is 9.79. The average Bonchev–Trinajstić information content (AvgIpc) is 3.08. The van der Waals surface area contributed by atoms with E-state index in [9.17, 15) is 14.4 Å². The number of rotatable bonds is 9. The van der Waals surface area contributed by atoms with Gasteiger partial charge in [-0.05, 0) is 41.5 Å². The molecule has 2 aliphatic rings. The van der Waals surface area contributed by atoms with E-state index in [1.165, 1.54) is 11.1 Å². The normalized spacial score (nSPS) is 19.5. The maximum atomic E-state index is 12.4. The molecule has 4 rings (SSSR count). The summed E-state index contributed by atoms with van der Waals surface area (Å²) < 4.78 is 5.57. The van der Waals surface area contributed by atoms with Crippen molar-refractivity contribution < 1.29 is 24.2 Å². The van der Waals surface area contributed by atoms with Gasteiger partial charge >= 0.3 is 12.1 Å². The van der Waals surface area contributed by atoms with Gasteiger partial charge in [-0.15, -0.1) is 0 Å². The van der Waals surface area contributed by atoms with E-state index < -0.39 is 12.1 Å². The highest BCUT2D eigenvalue weighted by Crippen LogP contribution is 2.44. The van der Waals surface area contributed by atoms with Crippen molar-refractivity contribution in [2.24, 2.45) is 5.92 Å². The molecule has 7 heteroatoms. The van der Waals surface area contributed by atoms with Gasteiger partial charge in [-0.3, -0.25) is 9.59 Å². The van der Waals surface area contributed by atoms with Gasteiger partial charge in [0, 0.05) is 23.9 Å². The molecule has 2 amide bonds. The molecule has 33 heavy (non-hydrogen) atoms. The molecule has 174 valence electrons. The van der Waals surface area contributed by atoms with Crippen molar-refractivity contribution in [2.75, 3.05) is 6.61 Å². The fourth-order valence-corrected chi connectivity index (χ4v) is 4.86. The SMILES string of the molecule is CCCC(CC(=O)O)NC(=O)C1CC(NC(=O)OCC2c3ccccc3-c3ccccc32)C1. The summed E-state index contributed by atoms with van der Waals surface area (Å²) in [5.41, 5.74) is 4.68. The van der Waals surface area contributed by atoms with E-state index >= 15 is 0 Å². The maximum absolute atomic E-state index is 12.4. The summed E-state index contributed by atoms with van der Waals surface area (Å²) in [5.74, 6) is -1.26. The minimum absolute atomic E-state index is 0.00722. The monoisotopic (exact) mass is 450 g/mol. The summed E-state index contributed by atoms with van der Waals surface area (Å²) in [7, 11) is 0. The molecule has 0 radical (unpaired) electrons. The summed E-state index contributed by atoms with van der Waals surface area (Å²) in [6.07, 6.45) is 1.94. The summed E-state index contributed by atoms with van der Waals surface area (Å²) >= 11 is 0. The topological polar surface area (TPSA) is 105 Å². The second kappa shape index (κ2) is 10.1. The smallest absolute Gasteiger partial charge is 0.407 e. The number of hydrogen-bond acceptors (Lipinski definition) is 4. The predicted octanol–water partition coefficient (Wildman–Crippen LogP) is 4.06. The van der Waals surface area contributed by atoms with Crippen LogP contribution in [0.3, 0.4) is 0 Å². The highest BCUT2D eigenvalue weighted by atomic mass is 16.5. The van der Waals surface area contributed by atoms with E-state index in [-0.39, 0.29) is 42.9 Å². The van der Waals surface area contributed by atoms with Crippen LogP contribution in [0.15, 0.2) is 48.5 Å². The lowest BCUT2D eigenvalue weighted by Gasteiger charge is -2.35. The van der Waals surface area contributed by atoms with E-state index in [1.54, 1.807) is 0 Å². The molecule has 0 spiro atoms. The van der Waals surface area contributed by atoms with Crippen LogP contribution in [0.4, 0.5) is 4.79 Å². The van der Waals surface area contributed by atoms with Gasteiger partial charge in [0.05, 0.1) is 6.42 Å². The first-order chi connectivity index (χ1) is 16.0. The summed E-state index contributed by atoms with van der Waals surface area (Å²) in [6.45, 7) is 2.21. The molecule has 1 atom stereocenters. The van der Waals surface area contributed by atoms with E-state index in [2.05, 4.69) is 34.9 Å². The molecule has 2 aromatic rings. The van der Waals surface area contributed by atoms with Crippen molar-refractivity contribution in [2.45, 2.75) is 57.0 Å². The van der Waals surface area contributed by atoms with Crippen LogP contribution in [0.5, 0.6) is 0 Å². The lowest BCUT2D eigenvalue weighted by Crippen LogP contribution is -2.51. The summed E-state index contributed by atoms with van der Waals surface area (Å²) in [5, 5.41) is 14.7. The number of aliphatic carboxylic acids is 1. The number of carbonyl (C=O) groups is 3. The van der Waals surface area contributed by atoms with Gasteiger partial charge in [0.1, 0.15) is 6.61 Å². The van der Waals surface area contributed by atoms with Crippen LogP contribution >= 0.6 is 0 Å². The summed E-state index contributed by atoms with van der Waals surface area (Å²) in [6, 6.07) is 15.9. The zero-order chi connectivity index (χ0) is 23.4. The van der Waals surface area contributed by atoms with Gasteiger partial charge in [-0.1, -0.05) is 61.9 Å². The fraction of sp³-hybridized carbons (Fsp3) is 0.423.